The summed E-state index contributed by atoms with van der Waals surface area (Å²) >= 11 is 0. The molecule has 0 saturated carbocycles. The zero-order chi connectivity index (χ0) is 20.9. The van der Waals surface area contributed by atoms with Crippen LogP contribution in [0.15, 0.2) is 29.4 Å². The van der Waals surface area contributed by atoms with Gasteiger partial charge in [-0.3, -0.25) is 9.59 Å². The lowest BCUT2D eigenvalue weighted by Gasteiger charge is -2.28. The van der Waals surface area contributed by atoms with Crippen molar-refractivity contribution in [3.8, 4) is 0 Å². The molecule has 0 radical (unpaired) electrons. The molecule has 0 spiro atoms. The first-order valence-corrected chi connectivity index (χ1v) is 9.35. The Morgan fingerprint density at radius 1 is 1.36 bits per heavy atom. The lowest BCUT2D eigenvalue weighted by Crippen LogP contribution is -2.54. The van der Waals surface area contributed by atoms with Crippen molar-refractivity contribution in [2.45, 2.75) is 63.7 Å². The quantitative estimate of drug-likeness (QED) is 0.596. The van der Waals surface area contributed by atoms with Crippen molar-refractivity contribution in [1.29, 1.82) is 0 Å². The smallest absolute Gasteiger partial charge is 0.305 e. The van der Waals surface area contributed by atoms with Gasteiger partial charge < -0.3 is 20.4 Å². The average molecular weight is 394 g/mol. The molecular weight excluding hydrogens is 367 g/mol. The number of hydrogen-bond acceptors (Lipinski definition) is 5. The lowest BCUT2D eigenvalue weighted by atomic mass is 9.87. The van der Waals surface area contributed by atoms with Crippen LogP contribution in [-0.2, 0) is 14.4 Å². The number of carbonyl (C=O) groups excluding carboxylic acids is 1. The van der Waals surface area contributed by atoms with Gasteiger partial charge in [-0.2, -0.15) is 0 Å². The van der Waals surface area contributed by atoms with E-state index in [1.54, 1.807) is 6.92 Å². The largest absolute Gasteiger partial charge is 0.481 e. The van der Waals surface area contributed by atoms with Gasteiger partial charge in [0.15, 0.2) is 0 Å². The number of alkyl halides is 1. The van der Waals surface area contributed by atoms with E-state index in [0.717, 1.165) is 11.1 Å². The second-order valence-corrected chi connectivity index (χ2v) is 7.30. The molecule has 3 unspecified atom stereocenters. The van der Waals surface area contributed by atoms with Gasteiger partial charge in [0.25, 0.3) is 5.91 Å². The molecule has 154 valence electrons. The molecule has 3 atom stereocenters. The Labute approximate surface area is 163 Å². The number of rotatable bonds is 9. The summed E-state index contributed by atoms with van der Waals surface area (Å²) in [5, 5.41) is 25.2. The van der Waals surface area contributed by atoms with Crippen LogP contribution in [0.2, 0.25) is 0 Å². The monoisotopic (exact) mass is 394 g/mol. The molecule has 1 aliphatic rings. The highest BCUT2D eigenvalue weighted by atomic mass is 19.1. The van der Waals surface area contributed by atoms with E-state index < -0.39 is 42.7 Å². The molecule has 0 bridgehead atoms. The van der Waals surface area contributed by atoms with Gasteiger partial charge in [-0.25, -0.2) is 4.39 Å². The van der Waals surface area contributed by atoms with Crippen molar-refractivity contribution < 1.29 is 29.0 Å². The summed E-state index contributed by atoms with van der Waals surface area (Å²) in [5.41, 5.74) is 1.27. The van der Waals surface area contributed by atoms with Crippen molar-refractivity contribution in [3.05, 3.63) is 35.4 Å². The van der Waals surface area contributed by atoms with Crippen molar-refractivity contribution in [2.75, 3.05) is 6.67 Å². The maximum Gasteiger partial charge on any atom is 0.305 e. The number of aliphatic hydroxyl groups is 1. The van der Waals surface area contributed by atoms with Crippen LogP contribution in [0, 0.1) is 0 Å². The predicted octanol–water partition coefficient (Wildman–Crippen LogP) is 2.37. The van der Waals surface area contributed by atoms with E-state index in [-0.39, 0.29) is 18.8 Å². The molecule has 0 saturated heterocycles. The van der Waals surface area contributed by atoms with E-state index >= 15 is 0 Å². The number of benzene rings is 1. The van der Waals surface area contributed by atoms with Crippen molar-refractivity contribution in [3.63, 3.8) is 0 Å². The maximum absolute atomic E-state index is 12.9. The molecule has 1 aromatic carbocycles. The Kier molecular flexibility index (Phi) is 7.12. The van der Waals surface area contributed by atoms with Crippen LogP contribution in [0.25, 0.3) is 0 Å². The van der Waals surface area contributed by atoms with Crippen LogP contribution < -0.4 is 5.32 Å². The molecule has 1 amide bonds. The van der Waals surface area contributed by atoms with Crippen molar-refractivity contribution >= 4 is 17.6 Å². The number of hydrogen-bond donors (Lipinski definition) is 3. The van der Waals surface area contributed by atoms with Gasteiger partial charge in [0.2, 0.25) is 5.60 Å². The second kappa shape index (κ2) is 9.14. The number of nitrogens with one attached hydrogen (secondary N) is 1. The molecule has 1 aliphatic heterocycles. The summed E-state index contributed by atoms with van der Waals surface area (Å²) in [7, 11) is 0. The Bertz CT molecular complexity index is 752. The van der Waals surface area contributed by atoms with Crippen LogP contribution in [0.1, 0.15) is 57.1 Å². The highest BCUT2D eigenvalue weighted by Gasteiger charge is 2.46. The van der Waals surface area contributed by atoms with Crippen LogP contribution in [0.4, 0.5) is 4.39 Å². The van der Waals surface area contributed by atoms with E-state index in [1.807, 2.05) is 24.3 Å². The standard InChI is InChI=1S/C20H27FN2O5/c1-4-20(19(27)22-15(9-18(25)26)17(24)11-21)10-16(23-28-20)14-8-6-5-7-13(14)12(2)3/h5-8,12,15,17,24H,4,9-11H2,1-3H3,(H,22,27)(H,25,26). The SMILES string of the molecule is CCC1(C(=O)NC(CC(=O)O)C(O)CF)CC(c2ccccc2C(C)C)=NO1. The molecule has 7 nitrogen and oxygen atoms in total. The number of halogens is 1. The fraction of sp³-hybridized carbons (Fsp3) is 0.550. The van der Waals surface area contributed by atoms with E-state index in [0.29, 0.717) is 5.71 Å². The van der Waals surface area contributed by atoms with Crippen molar-refractivity contribution in [2.24, 2.45) is 5.16 Å². The van der Waals surface area contributed by atoms with E-state index in [9.17, 15) is 19.1 Å². The second-order valence-electron chi connectivity index (χ2n) is 7.30. The number of oxime groups is 1. The third-order valence-electron chi connectivity index (χ3n) is 5.00. The number of aliphatic hydroxyl groups excluding tert-OH is 1. The fourth-order valence-electron chi connectivity index (χ4n) is 3.24. The van der Waals surface area contributed by atoms with Gasteiger partial charge in [0.05, 0.1) is 18.2 Å². The third-order valence-corrected chi connectivity index (χ3v) is 5.00. The van der Waals surface area contributed by atoms with E-state index in [4.69, 9.17) is 9.94 Å². The Balaban J connectivity index is 2.21. The van der Waals surface area contributed by atoms with Gasteiger partial charge in [-0.15, -0.1) is 0 Å². The summed E-state index contributed by atoms with van der Waals surface area (Å²) in [6, 6.07) is 6.48. The molecule has 1 aromatic rings. The number of nitrogens with zero attached hydrogens (tertiary/aromatic N) is 1. The van der Waals surface area contributed by atoms with Gasteiger partial charge >= 0.3 is 5.97 Å². The zero-order valence-corrected chi connectivity index (χ0v) is 16.3. The fourth-order valence-corrected chi connectivity index (χ4v) is 3.24. The van der Waals surface area contributed by atoms with Gasteiger partial charge in [-0.05, 0) is 17.9 Å². The average Bonchev–Trinajstić information content (AvgIpc) is 3.12. The topological polar surface area (TPSA) is 108 Å². The minimum Gasteiger partial charge on any atom is -0.481 e. The van der Waals surface area contributed by atoms with Crippen LogP contribution in [-0.4, -0.2) is 52.2 Å². The number of carboxylic acids is 1. The van der Waals surface area contributed by atoms with Crippen LogP contribution >= 0.6 is 0 Å². The number of carbonyl (C=O) groups is 2. The minimum absolute atomic E-state index is 0.199. The first kappa shape index (κ1) is 21.8. The molecular formula is C20H27FN2O5. The zero-order valence-electron chi connectivity index (χ0n) is 16.3. The molecule has 1 heterocycles. The van der Waals surface area contributed by atoms with Gasteiger partial charge in [0, 0.05) is 12.0 Å². The maximum atomic E-state index is 12.9. The van der Waals surface area contributed by atoms with Crippen LogP contribution in [0.5, 0.6) is 0 Å². The summed E-state index contributed by atoms with van der Waals surface area (Å²) in [4.78, 5) is 29.4. The molecule has 8 heteroatoms. The van der Waals surface area contributed by atoms with E-state index in [1.165, 1.54) is 0 Å². The predicted molar refractivity (Wildman–Crippen MR) is 102 cm³/mol. The number of amides is 1. The number of carboxylic acid groups (broad SMARTS) is 1. The van der Waals surface area contributed by atoms with E-state index in [2.05, 4.69) is 24.3 Å². The van der Waals surface area contributed by atoms with Crippen LogP contribution in [0.3, 0.4) is 0 Å². The molecule has 2 rings (SSSR count). The van der Waals surface area contributed by atoms with Gasteiger partial charge in [0.1, 0.15) is 12.8 Å². The normalized spacial score (nSPS) is 21.0. The Morgan fingerprint density at radius 3 is 2.61 bits per heavy atom. The lowest BCUT2D eigenvalue weighted by molar-refractivity contribution is -0.147. The minimum atomic E-state index is -1.61. The highest BCUT2D eigenvalue weighted by molar-refractivity contribution is 6.06. The highest BCUT2D eigenvalue weighted by Crippen LogP contribution is 2.33. The molecule has 0 aliphatic carbocycles. The first-order valence-electron chi connectivity index (χ1n) is 9.35. The Morgan fingerprint density at radius 2 is 2.04 bits per heavy atom. The third kappa shape index (κ3) is 4.67. The first-order chi connectivity index (χ1) is 13.2. The summed E-state index contributed by atoms with van der Waals surface area (Å²) in [6.07, 6.45) is -1.73. The molecule has 0 fully saturated rings. The molecule has 0 aromatic heterocycles. The summed E-state index contributed by atoms with van der Waals surface area (Å²) in [6.45, 7) is 4.71. The summed E-state index contributed by atoms with van der Waals surface area (Å²) in [5.74, 6) is -1.61. The summed E-state index contributed by atoms with van der Waals surface area (Å²) < 4.78 is 12.8. The molecule has 3 N–H and O–H groups in total. The van der Waals surface area contributed by atoms with Crippen molar-refractivity contribution in [1.82, 2.24) is 5.32 Å². The molecule has 28 heavy (non-hydrogen) atoms. The van der Waals surface area contributed by atoms with Gasteiger partial charge in [-0.1, -0.05) is 50.2 Å². The Hall–Kier alpha value is -2.48. The number of aliphatic carboxylic acids is 1.